The van der Waals surface area contributed by atoms with Crippen LogP contribution < -0.4 is 4.72 Å². The van der Waals surface area contributed by atoms with E-state index in [1.165, 1.54) is 25.1 Å². The molecule has 0 heterocycles. The molecule has 104 valence electrons. The number of carboxylic acids is 1. The number of carboxylic acid groups (broad SMARTS) is 1. The Balaban J connectivity index is 2.92. The van der Waals surface area contributed by atoms with Gasteiger partial charge in [-0.15, -0.1) is 0 Å². The first kappa shape index (κ1) is 15.1. The fourth-order valence-electron chi connectivity index (χ4n) is 1.30. The second-order valence-electron chi connectivity index (χ2n) is 3.89. The van der Waals surface area contributed by atoms with Crippen LogP contribution in [0.2, 0.25) is 0 Å². The highest BCUT2D eigenvalue weighted by molar-refractivity contribution is 7.90. The summed E-state index contributed by atoms with van der Waals surface area (Å²) in [6.45, 7) is 0.714. The number of nitrogens with zero attached hydrogens (tertiary/aromatic N) is 1. The van der Waals surface area contributed by atoms with Crippen LogP contribution in [0.1, 0.15) is 17.3 Å². The zero-order chi connectivity index (χ0) is 14.6. The topological polar surface area (TPSA) is 104 Å². The SMILES string of the molecule is CC(=O)c1cccc(NS(=O)(=O)N(C)CC(=O)O)c1. The minimum absolute atomic E-state index is 0.195. The van der Waals surface area contributed by atoms with E-state index in [9.17, 15) is 18.0 Å². The summed E-state index contributed by atoms with van der Waals surface area (Å²) in [4.78, 5) is 21.7. The van der Waals surface area contributed by atoms with Gasteiger partial charge in [0.2, 0.25) is 0 Å². The van der Waals surface area contributed by atoms with Gasteiger partial charge in [-0.25, -0.2) is 0 Å². The van der Waals surface area contributed by atoms with E-state index < -0.39 is 22.7 Å². The number of hydrogen-bond donors (Lipinski definition) is 2. The molecule has 0 unspecified atom stereocenters. The number of anilines is 1. The van der Waals surface area contributed by atoms with Crippen LogP contribution in [0.15, 0.2) is 24.3 Å². The summed E-state index contributed by atoms with van der Waals surface area (Å²) >= 11 is 0. The molecule has 0 saturated heterocycles. The first-order valence-electron chi connectivity index (χ1n) is 5.29. The van der Waals surface area contributed by atoms with Gasteiger partial charge in [-0.2, -0.15) is 12.7 Å². The summed E-state index contributed by atoms with van der Waals surface area (Å²) in [6, 6.07) is 5.94. The number of nitrogens with one attached hydrogen (secondary N) is 1. The molecule has 1 aromatic carbocycles. The Bertz CT molecular complexity index is 597. The maximum Gasteiger partial charge on any atom is 0.318 e. The van der Waals surface area contributed by atoms with Crippen LogP contribution in [0, 0.1) is 0 Å². The first-order valence-corrected chi connectivity index (χ1v) is 6.73. The third-order valence-electron chi connectivity index (χ3n) is 2.28. The Kier molecular flexibility index (Phi) is 4.62. The minimum Gasteiger partial charge on any atom is -0.480 e. The largest absolute Gasteiger partial charge is 0.480 e. The average molecular weight is 286 g/mol. The fraction of sp³-hybridized carbons (Fsp3) is 0.273. The number of benzene rings is 1. The van der Waals surface area contributed by atoms with Gasteiger partial charge in [0.15, 0.2) is 5.78 Å². The van der Waals surface area contributed by atoms with Gasteiger partial charge in [-0.05, 0) is 19.1 Å². The van der Waals surface area contributed by atoms with Crippen molar-refractivity contribution in [3.05, 3.63) is 29.8 Å². The van der Waals surface area contributed by atoms with Crippen molar-refractivity contribution in [2.24, 2.45) is 0 Å². The van der Waals surface area contributed by atoms with Crippen molar-refractivity contribution in [2.75, 3.05) is 18.3 Å². The number of carbonyl (C=O) groups excluding carboxylic acids is 1. The van der Waals surface area contributed by atoms with Crippen LogP contribution in [0.25, 0.3) is 0 Å². The first-order chi connectivity index (χ1) is 8.72. The zero-order valence-electron chi connectivity index (χ0n) is 10.5. The van der Waals surface area contributed by atoms with E-state index in [0.29, 0.717) is 9.87 Å². The molecule has 7 nitrogen and oxygen atoms in total. The summed E-state index contributed by atoms with van der Waals surface area (Å²) in [5.74, 6) is -1.45. The van der Waals surface area contributed by atoms with Crippen LogP contribution in [-0.4, -0.2) is 43.2 Å². The van der Waals surface area contributed by atoms with Crippen molar-refractivity contribution in [2.45, 2.75) is 6.92 Å². The number of likely N-dealkylation sites (N-methyl/N-ethyl adjacent to an activating group) is 1. The van der Waals surface area contributed by atoms with Gasteiger partial charge < -0.3 is 5.11 Å². The molecule has 0 amide bonds. The number of carbonyl (C=O) groups is 2. The number of Topliss-reactive ketones (excluding diaryl/α,β-unsaturated/α-hetero) is 1. The van der Waals surface area contributed by atoms with Gasteiger partial charge in [0.1, 0.15) is 6.54 Å². The zero-order valence-corrected chi connectivity index (χ0v) is 11.3. The van der Waals surface area contributed by atoms with Crippen LogP contribution in [0.3, 0.4) is 0 Å². The highest BCUT2D eigenvalue weighted by Gasteiger charge is 2.20. The third kappa shape index (κ3) is 4.34. The Labute approximate surface area is 111 Å². The lowest BCUT2D eigenvalue weighted by molar-refractivity contribution is -0.137. The van der Waals surface area contributed by atoms with E-state index in [1.807, 2.05) is 0 Å². The quantitative estimate of drug-likeness (QED) is 0.744. The van der Waals surface area contributed by atoms with E-state index >= 15 is 0 Å². The molecule has 0 fully saturated rings. The van der Waals surface area contributed by atoms with Crippen LogP contribution in [-0.2, 0) is 15.0 Å². The second kappa shape index (κ2) is 5.81. The predicted octanol–water partition coefficient (Wildman–Crippen LogP) is 0.562. The maximum atomic E-state index is 11.8. The molecule has 1 rings (SSSR count). The lowest BCUT2D eigenvalue weighted by atomic mass is 10.1. The highest BCUT2D eigenvalue weighted by atomic mass is 32.2. The standard InChI is InChI=1S/C11H14N2O5S/c1-8(14)9-4-3-5-10(6-9)12-19(17,18)13(2)7-11(15)16/h3-6,12H,7H2,1-2H3,(H,15,16). The van der Waals surface area contributed by atoms with Crippen LogP contribution in [0.4, 0.5) is 5.69 Å². The van der Waals surface area contributed by atoms with Crippen LogP contribution in [0.5, 0.6) is 0 Å². The molecule has 8 heteroatoms. The molecular weight excluding hydrogens is 272 g/mol. The monoisotopic (exact) mass is 286 g/mol. The molecule has 2 N–H and O–H groups in total. The van der Waals surface area contributed by atoms with E-state index in [-0.39, 0.29) is 11.5 Å². The van der Waals surface area contributed by atoms with Crippen molar-refractivity contribution in [1.29, 1.82) is 0 Å². The number of rotatable bonds is 6. The molecule has 19 heavy (non-hydrogen) atoms. The molecule has 0 aromatic heterocycles. The summed E-state index contributed by atoms with van der Waals surface area (Å²) in [7, 11) is -2.82. The summed E-state index contributed by atoms with van der Waals surface area (Å²) in [5.41, 5.74) is 0.561. The predicted molar refractivity (Wildman–Crippen MR) is 69.3 cm³/mol. The summed E-state index contributed by atoms with van der Waals surface area (Å²) in [5, 5.41) is 8.55. The fourth-order valence-corrected chi connectivity index (χ4v) is 2.17. The van der Waals surface area contributed by atoms with E-state index in [4.69, 9.17) is 5.11 Å². The number of ketones is 1. The van der Waals surface area contributed by atoms with E-state index in [0.717, 1.165) is 7.05 Å². The molecular formula is C11H14N2O5S. The van der Waals surface area contributed by atoms with Crippen molar-refractivity contribution in [1.82, 2.24) is 4.31 Å². The highest BCUT2D eigenvalue weighted by Crippen LogP contribution is 2.13. The Morgan fingerprint density at radius 3 is 2.53 bits per heavy atom. The summed E-state index contributed by atoms with van der Waals surface area (Å²) < 4.78 is 26.4. The average Bonchev–Trinajstić information content (AvgIpc) is 2.27. The smallest absolute Gasteiger partial charge is 0.318 e. The lowest BCUT2D eigenvalue weighted by Crippen LogP contribution is -2.36. The van der Waals surface area contributed by atoms with Crippen molar-refractivity contribution >= 4 is 27.6 Å². The minimum atomic E-state index is -3.96. The van der Waals surface area contributed by atoms with Crippen molar-refractivity contribution < 1.29 is 23.1 Å². The Morgan fingerprint density at radius 1 is 1.37 bits per heavy atom. The van der Waals surface area contributed by atoms with Gasteiger partial charge in [0.05, 0.1) is 5.69 Å². The molecule has 0 aliphatic carbocycles. The third-order valence-corrected chi connectivity index (χ3v) is 3.73. The normalized spacial score (nSPS) is 11.3. The number of aliphatic carboxylic acids is 1. The molecule has 0 saturated carbocycles. The number of hydrogen-bond acceptors (Lipinski definition) is 4. The summed E-state index contributed by atoms with van der Waals surface area (Å²) in [6.07, 6.45) is 0. The molecule has 0 spiro atoms. The van der Waals surface area contributed by atoms with Gasteiger partial charge in [0.25, 0.3) is 0 Å². The van der Waals surface area contributed by atoms with E-state index in [2.05, 4.69) is 4.72 Å². The van der Waals surface area contributed by atoms with Crippen molar-refractivity contribution in [3.8, 4) is 0 Å². The molecule has 0 aliphatic rings. The molecule has 0 radical (unpaired) electrons. The van der Waals surface area contributed by atoms with Gasteiger partial charge in [-0.1, -0.05) is 12.1 Å². The molecule has 0 atom stereocenters. The van der Waals surface area contributed by atoms with Gasteiger partial charge >= 0.3 is 16.2 Å². The van der Waals surface area contributed by atoms with Crippen molar-refractivity contribution in [3.63, 3.8) is 0 Å². The molecule has 0 bridgehead atoms. The van der Waals surface area contributed by atoms with Crippen LogP contribution >= 0.6 is 0 Å². The second-order valence-corrected chi connectivity index (χ2v) is 5.67. The van der Waals surface area contributed by atoms with E-state index in [1.54, 1.807) is 6.07 Å². The lowest BCUT2D eigenvalue weighted by Gasteiger charge is -2.16. The Morgan fingerprint density at radius 2 is 2.00 bits per heavy atom. The van der Waals surface area contributed by atoms with Gasteiger partial charge in [-0.3, -0.25) is 14.3 Å². The molecule has 1 aromatic rings. The molecule has 0 aliphatic heterocycles. The van der Waals surface area contributed by atoms with Gasteiger partial charge in [0, 0.05) is 12.6 Å². The Hall–Kier alpha value is -1.93. The maximum absolute atomic E-state index is 11.8.